The average Bonchev–Trinajstić information content (AvgIpc) is 3.29. The molecule has 0 spiro atoms. The van der Waals surface area contributed by atoms with E-state index in [1.807, 2.05) is 29.2 Å². The first-order valence-electron chi connectivity index (χ1n) is 10.6. The van der Waals surface area contributed by atoms with E-state index in [9.17, 15) is 18.0 Å². The van der Waals surface area contributed by atoms with Crippen LogP contribution in [0.4, 0.5) is 5.69 Å². The van der Waals surface area contributed by atoms with E-state index in [2.05, 4.69) is 5.32 Å². The second-order valence-corrected chi connectivity index (χ2v) is 9.97. The molecule has 2 aromatic rings. The Balaban J connectivity index is 1.65. The largest absolute Gasteiger partial charge is 0.343 e. The molecule has 0 saturated carbocycles. The van der Waals surface area contributed by atoms with Crippen molar-refractivity contribution in [3.05, 3.63) is 59.7 Å². The number of rotatable bonds is 5. The number of hydrogen-bond acceptors (Lipinski definition) is 4. The summed E-state index contributed by atoms with van der Waals surface area (Å²) in [6.45, 7) is 3.21. The van der Waals surface area contributed by atoms with E-state index in [1.165, 1.54) is 23.4 Å². The number of carbonyl (C=O) groups is 2. The Kier molecular flexibility index (Phi) is 6.11. The van der Waals surface area contributed by atoms with Crippen LogP contribution in [0.2, 0.25) is 0 Å². The van der Waals surface area contributed by atoms with E-state index in [0.29, 0.717) is 18.7 Å². The zero-order valence-corrected chi connectivity index (χ0v) is 18.4. The minimum atomic E-state index is -3.82. The third kappa shape index (κ3) is 4.50. The minimum Gasteiger partial charge on any atom is -0.343 e. The summed E-state index contributed by atoms with van der Waals surface area (Å²) in [5, 5.41) is 2.64. The number of fused-ring (bicyclic) bond motifs is 1. The Hall–Kier alpha value is -2.71. The van der Waals surface area contributed by atoms with Crippen LogP contribution in [-0.2, 0) is 26.0 Å². The molecule has 1 N–H and O–H groups in total. The first-order chi connectivity index (χ1) is 14.9. The highest BCUT2D eigenvalue weighted by Gasteiger charge is 2.38. The normalized spacial score (nSPS) is 19.1. The lowest BCUT2D eigenvalue weighted by Crippen LogP contribution is -2.42. The van der Waals surface area contributed by atoms with Crippen LogP contribution in [0.5, 0.6) is 0 Å². The summed E-state index contributed by atoms with van der Waals surface area (Å²) in [7, 11) is -3.82. The topological polar surface area (TPSA) is 86.8 Å². The highest BCUT2D eigenvalue weighted by atomic mass is 32.2. The average molecular weight is 442 g/mol. The van der Waals surface area contributed by atoms with Crippen LogP contribution in [0.15, 0.2) is 53.4 Å². The van der Waals surface area contributed by atoms with E-state index in [0.717, 1.165) is 37.1 Å². The molecule has 2 aromatic carbocycles. The first-order valence-corrected chi connectivity index (χ1v) is 12.1. The number of benzene rings is 2. The summed E-state index contributed by atoms with van der Waals surface area (Å²) in [5.41, 5.74) is 2.53. The Morgan fingerprint density at radius 2 is 1.68 bits per heavy atom. The van der Waals surface area contributed by atoms with Crippen LogP contribution in [0, 0.1) is 0 Å². The van der Waals surface area contributed by atoms with E-state index < -0.39 is 16.1 Å². The molecule has 1 saturated heterocycles. The fourth-order valence-electron chi connectivity index (χ4n) is 4.44. The molecular weight excluding hydrogens is 414 g/mol. The van der Waals surface area contributed by atoms with Gasteiger partial charge in [-0.3, -0.25) is 9.59 Å². The molecule has 7 nitrogen and oxygen atoms in total. The number of likely N-dealkylation sites (tertiary alicyclic amines) is 1. The van der Waals surface area contributed by atoms with Gasteiger partial charge in [-0.2, -0.15) is 4.31 Å². The number of anilines is 1. The third-order valence-corrected chi connectivity index (χ3v) is 7.89. The molecule has 2 aliphatic rings. The van der Waals surface area contributed by atoms with Gasteiger partial charge in [-0.1, -0.05) is 24.3 Å². The molecule has 2 aliphatic heterocycles. The maximum atomic E-state index is 13.6. The summed E-state index contributed by atoms with van der Waals surface area (Å²) in [6.07, 6.45) is 2.74. The Morgan fingerprint density at radius 1 is 1.00 bits per heavy atom. The summed E-state index contributed by atoms with van der Waals surface area (Å²) >= 11 is 0. The van der Waals surface area contributed by atoms with Crippen LogP contribution in [0.3, 0.4) is 0 Å². The standard InChI is InChI=1S/C23H27N3O4S/c1-17(27)24-19-8-10-20(11-9-19)31(29,30)26-15-12-18-6-2-3-7-21(18)22(26)16-23(28)25-13-4-5-14-25/h2-3,6-11,22H,4-5,12-16H2,1H3,(H,24,27). The second kappa shape index (κ2) is 8.80. The Labute approximate surface area is 183 Å². The van der Waals surface area contributed by atoms with E-state index in [-0.39, 0.29) is 23.1 Å². The molecule has 1 unspecified atom stereocenters. The van der Waals surface area contributed by atoms with Crippen LogP contribution in [0.1, 0.15) is 43.4 Å². The van der Waals surface area contributed by atoms with Gasteiger partial charge in [0.25, 0.3) is 0 Å². The van der Waals surface area contributed by atoms with Crippen LogP contribution in [0.25, 0.3) is 0 Å². The highest BCUT2D eigenvalue weighted by molar-refractivity contribution is 7.89. The predicted octanol–water partition coefficient (Wildman–Crippen LogP) is 2.95. The fraction of sp³-hybridized carbons (Fsp3) is 0.391. The van der Waals surface area contributed by atoms with Crippen molar-refractivity contribution in [2.24, 2.45) is 0 Å². The van der Waals surface area contributed by atoms with Crippen molar-refractivity contribution in [3.8, 4) is 0 Å². The van der Waals surface area contributed by atoms with Crippen molar-refractivity contribution in [3.63, 3.8) is 0 Å². The number of hydrogen-bond donors (Lipinski definition) is 1. The molecule has 0 aromatic heterocycles. The molecule has 0 aliphatic carbocycles. The first kappa shape index (κ1) is 21.5. The van der Waals surface area contributed by atoms with Gasteiger partial charge in [0, 0.05) is 38.7 Å². The quantitative estimate of drug-likeness (QED) is 0.773. The maximum absolute atomic E-state index is 13.6. The third-order valence-electron chi connectivity index (χ3n) is 5.97. The molecule has 2 amide bonds. The van der Waals surface area contributed by atoms with E-state index in [4.69, 9.17) is 0 Å². The zero-order valence-electron chi connectivity index (χ0n) is 17.6. The van der Waals surface area contributed by atoms with Crippen molar-refractivity contribution in [1.82, 2.24) is 9.21 Å². The number of nitrogens with one attached hydrogen (secondary N) is 1. The number of carbonyl (C=O) groups excluding carboxylic acids is 2. The van der Waals surface area contributed by atoms with Crippen molar-refractivity contribution < 1.29 is 18.0 Å². The molecule has 0 bridgehead atoms. The number of amides is 2. The lowest BCUT2D eigenvalue weighted by Gasteiger charge is -2.36. The molecule has 1 atom stereocenters. The Bertz CT molecular complexity index is 1080. The maximum Gasteiger partial charge on any atom is 0.243 e. The van der Waals surface area contributed by atoms with Crippen LogP contribution < -0.4 is 5.32 Å². The number of sulfonamides is 1. The molecule has 0 radical (unpaired) electrons. The minimum absolute atomic E-state index is 0.000379. The van der Waals surface area contributed by atoms with E-state index >= 15 is 0 Å². The summed E-state index contributed by atoms with van der Waals surface area (Å²) in [6, 6.07) is 13.4. The lowest BCUT2D eigenvalue weighted by atomic mass is 9.92. The smallest absolute Gasteiger partial charge is 0.243 e. The van der Waals surface area contributed by atoms with Gasteiger partial charge in [0.15, 0.2) is 0 Å². The summed E-state index contributed by atoms with van der Waals surface area (Å²) < 4.78 is 28.6. The molecule has 1 fully saturated rings. The van der Waals surface area contributed by atoms with Crippen molar-refractivity contribution >= 4 is 27.5 Å². The molecule has 31 heavy (non-hydrogen) atoms. The van der Waals surface area contributed by atoms with E-state index in [1.54, 1.807) is 12.1 Å². The molecule has 4 rings (SSSR count). The monoisotopic (exact) mass is 441 g/mol. The van der Waals surface area contributed by atoms with Crippen LogP contribution in [-0.4, -0.2) is 49.1 Å². The SMILES string of the molecule is CC(=O)Nc1ccc(S(=O)(=O)N2CCc3ccccc3C2CC(=O)N2CCCC2)cc1. The number of nitrogens with zero attached hydrogens (tertiary/aromatic N) is 2. The van der Waals surface area contributed by atoms with Gasteiger partial charge in [0.2, 0.25) is 21.8 Å². The van der Waals surface area contributed by atoms with Gasteiger partial charge in [0.05, 0.1) is 10.9 Å². The van der Waals surface area contributed by atoms with Gasteiger partial charge in [-0.05, 0) is 54.7 Å². The Morgan fingerprint density at radius 3 is 2.35 bits per heavy atom. The highest BCUT2D eigenvalue weighted by Crippen LogP contribution is 2.37. The zero-order chi connectivity index (χ0) is 22.0. The molecular formula is C23H27N3O4S. The van der Waals surface area contributed by atoms with Crippen molar-refractivity contribution in [2.45, 2.75) is 43.5 Å². The van der Waals surface area contributed by atoms with Crippen molar-refractivity contribution in [1.29, 1.82) is 0 Å². The van der Waals surface area contributed by atoms with Gasteiger partial charge >= 0.3 is 0 Å². The predicted molar refractivity (Wildman–Crippen MR) is 118 cm³/mol. The summed E-state index contributed by atoms with van der Waals surface area (Å²) in [4.78, 5) is 26.2. The van der Waals surface area contributed by atoms with Crippen molar-refractivity contribution in [2.75, 3.05) is 25.0 Å². The van der Waals surface area contributed by atoms with Gasteiger partial charge in [-0.15, -0.1) is 0 Å². The molecule has 164 valence electrons. The molecule has 8 heteroatoms. The van der Waals surface area contributed by atoms with Gasteiger partial charge < -0.3 is 10.2 Å². The lowest BCUT2D eigenvalue weighted by molar-refractivity contribution is -0.131. The fourth-order valence-corrected chi connectivity index (χ4v) is 6.04. The molecule has 2 heterocycles. The summed E-state index contributed by atoms with van der Waals surface area (Å²) in [5.74, 6) is -0.218. The van der Waals surface area contributed by atoms with Crippen LogP contribution >= 0.6 is 0 Å². The van der Waals surface area contributed by atoms with Gasteiger partial charge in [-0.25, -0.2) is 8.42 Å². The second-order valence-electron chi connectivity index (χ2n) is 8.08. The van der Waals surface area contributed by atoms with Gasteiger partial charge in [0.1, 0.15) is 0 Å².